The van der Waals surface area contributed by atoms with Gasteiger partial charge in [-0.1, -0.05) is 12.5 Å². The quantitative estimate of drug-likeness (QED) is 0.843. The van der Waals surface area contributed by atoms with E-state index < -0.39 is 6.16 Å². The Bertz CT molecular complexity index is 790. The molecule has 0 radical (unpaired) electrons. The zero-order valence-electron chi connectivity index (χ0n) is 14.4. The van der Waals surface area contributed by atoms with E-state index in [0.29, 0.717) is 5.75 Å². The summed E-state index contributed by atoms with van der Waals surface area (Å²) >= 11 is 0. The molecule has 0 unspecified atom stereocenters. The molecule has 2 aliphatic rings. The Labute approximate surface area is 151 Å². The van der Waals surface area contributed by atoms with Crippen molar-refractivity contribution in [2.75, 3.05) is 13.1 Å². The van der Waals surface area contributed by atoms with Gasteiger partial charge in [0.25, 0.3) is 0 Å². The molecule has 0 bridgehead atoms. The van der Waals surface area contributed by atoms with Gasteiger partial charge in [-0.15, -0.1) is 0 Å². The largest absolute Gasteiger partial charge is 0.513 e. The number of fused-ring (bicyclic) bond motifs is 1. The fraction of sp³-hybridized carbons (Fsp3) is 0.421. The number of aromatic nitrogens is 2. The van der Waals surface area contributed by atoms with Crippen LogP contribution in [0.5, 0.6) is 17.5 Å². The molecule has 2 heterocycles. The normalized spacial score (nSPS) is 17.7. The topological polar surface area (TPSA) is 84.8 Å². The van der Waals surface area contributed by atoms with Gasteiger partial charge in [-0.2, -0.15) is 9.97 Å². The van der Waals surface area contributed by atoms with Crippen LogP contribution in [0.1, 0.15) is 30.4 Å². The maximum Gasteiger partial charge on any atom is 0.513 e. The summed E-state index contributed by atoms with van der Waals surface area (Å²) in [6.45, 7) is 2.24. The lowest BCUT2D eigenvalue weighted by atomic mass is 9.91. The van der Waals surface area contributed by atoms with Crippen molar-refractivity contribution in [2.45, 2.75) is 38.1 Å². The van der Waals surface area contributed by atoms with Crippen molar-refractivity contribution >= 4 is 6.16 Å². The first-order chi connectivity index (χ1) is 12.7. The molecule has 136 valence electrons. The first kappa shape index (κ1) is 16.8. The Morgan fingerprint density at radius 2 is 1.81 bits per heavy atom. The van der Waals surface area contributed by atoms with E-state index in [1.165, 1.54) is 42.8 Å². The van der Waals surface area contributed by atoms with Crippen molar-refractivity contribution in [3.05, 3.63) is 41.7 Å². The lowest BCUT2D eigenvalue weighted by Gasteiger charge is -2.36. The Hall–Kier alpha value is -2.67. The van der Waals surface area contributed by atoms with Gasteiger partial charge < -0.3 is 14.6 Å². The number of ether oxygens (including phenoxy) is 2. The minimum Gasteiger partial charge on any atom is -0.454 e. The number of hydrogen-bond donors (Lipinski definition) is 1. The first-order valence-electron chi connectivity index (χ1n) is 8.94. The summed E-state index contributed by atoms with van der Waals surface area (Å²) in [7, 11) is 0. The molecule has 0 amide bonds. The highest BCUT2D eigenvalue weighted by Gasteiger charge is 2.26. The fourth-order valence-corrected chi connectivity index (χ4v) is 3.52. The smallest absolute Gasteiger partial charge is 0.454 e. The van der Waals surface area contributed by atoms with Crippen LogP contribution in [0.3, 0.4) is 0 Å². The maximum atomic E-state index is 10.5. The molecular weight excluding hydrogens is 334 g/mol. The molecule has 2 aromatic rings. The second-order valence-electron chi connectivity index (χ2n) is 6.72. The first-order valence-corrected chi connectivity index (χ1v) is 8.94. The molecule has 1 N–H and O–H groups in total. The van der Waals surface area contributed by atoms with Gasteiger partial charge in [0.1, 0.15) is 5.75 Å². The van der Waals surface area contributed by atoms with Gasteiger partial charge in [0.15, 0.2) is 5.75 Å². The molecule has 4 rings (SSSR count). The highest BCUT2D eigenvalue weighted by Crippen LogP contribution is 2.29. The average molecular weight is 355 g/mol. The third-order valence-corrected chi connectivity index (χ3v) is 5.12. The zero-order chi connectivity index (χ0) is 17.9. The Balaban J connectivity index is 1.42. The summed E-state index contributed by atoms with van der Waals surface area (Å²) in [5.74, 6) is 1.17. The molecule has 0 saturated heterocycles. The summed E-state index contributed by atoms with van der Waals surface area (Å²) in [6.07, 6.45) is 7.51. The molecule has 1 saturated carbocycles. The van der Waals surface area contributed by atoms with Crippen molar-refractivity contribution in [1.29, 1.82) is 0 Å². The standard InChI is InChI=1S/C19H21N3O4/c23-19(24)26-18-20-11-17(12-21-18)25-16-5-4-13-6-8-22(15-2-1-3-15)9-7-14(13)10-16/h4-5,10-12,15H,1-3,6-9H2,(H,23,24). The van der Waals surface area contributed by atoms with E-state index in [9.17, 15) is 4.79 Å². The lowest BCUT2D eigenvalue weighted by molar-refractivity contribution is 0.133. The molecular formula is C19H21N3O4. The molecule has 0 spiro atoms. The van der Waals surface area contributed by atoms with E-state index in [4.69, 9.17) is 9.84 Å². The number of carbonyl (C=O) groups is 1. The summed E-state index contributed by atoms with van der Waals surface area (Å²) in [5.41, 5.74) is 2.72. The van der Waals surface area contributed by atoms with E-state index >= 15 is 0 Å². The van der Waals surface area contributed by atoms with Crippen LogP contribution in [0.4, 0.5) is 4.79 Å². The second kappa shape index (κ2) is 7.29. The number of benzene rings is 1. The highest BCUT2D eigenvalue weighted by atomic mass is 16.7. The third-order valence-electron chi connectivity index (χ3n) is 5.12. The van der Waals surface area contributed by atoms with Crippen molar-refractivity contribution in [3.63, 3.8) is 0 Å². The molecule has 26 heavy (non-hydrogen) atoms. The van der Waals surface area contributed by atoms with Crippen molar-refractivity contribution < 1.29 is 19.4 Å². The SMILES string of the molecule is O=C(O)Oc1ncc(Oc2ccc3c(c2)CCN(C2CCC2)CC3)cn1. The zero-order valence-corrected chi connectivity index (χ0v) is 14.4. The van der Waals surface area contributed by atoms with E-state index in [0.717, 1.165) is 37.7 Å². The monoisotopic (exact) mass is 355 g/mol. The Morgan fingerprint density at radius 3 is 2.46 bits per heavy atom. The molecule has 1 fully saturated rings. The minimum atomic E-state index is -1.44. The van der Waals surface area contributed by atoms with Gasteiger partial charge in [0.2, 0.25) is 0 Å². The van der Waals surface area contributed by atoms with Crippen LogP contribution in [0.15, 0.2) is 30.6 Å². The molecule has 0 atom stereocenters. The van der Waals surface area contributed by atoms with Gasteiger partial charge in [0.05, 0.1) is 12.4 Å². The van der Waals surface area contributed by atoms with E-state index in [1.54, 1.807) is 0 Å². The van der Waals surface area contributed by atoms with Crippen molar-refractivity contribution in [3.8, 4) is 17.5 Å². The molecule has 1 aliphatic heterocycles. The molecule has 1 aromatic carbocycles. The number of carboxylic acid groups (broad SMARTS) is 1. The minimum absolute atomic E-state index is 0.220. The maximum absolute atomic E-state index is 10.5. The van der Waals surface area contributed by atoms with Crippen LogP contribution in [0.2, 0.25) is 0 Å². The van der Waals surface area contributed by atoms with Gasteiger partial charge in [-0.3, -0.25) is 4.90 Å². The summed E-state index contributed by atoms with van der Waals surface area (Å²) < 4.78 is 10.2. The predicted molar refractivity (Wildman–Crippen MR) is 93.8 cm³/mol. The predicted octanol–water partition coefficient (Wildman–Crippen LogP) is 3.28. The van der Waals surface area contributed by atoms with Crippen molar-refractivity contribution in [1.82, 2.24) is 14.9 Å². The van der Waals surface area contributed by atoms with Gasteiger partial charge >= 0.3 is 12.2 Å². The molecule has 1 aromatic heterocycles. The van der Waals surface area contributed by atoms with E-state index in [1.807, 2.05) is 6.07 Å². The van der Waals surface area contributed by atoms with Crippen LogP contribution in [-0.4, -0.2) is 45.3 Å². The molecule has 1 aliphatic carbocycles. The summed E-state index contributed by atoms with van der Waals surface area (Å²) in [4.78, 5) is 20.7. The van der Waals surface area contributed by atoms with Crippen LogP contribution in [0.25, 0.3) is 0 Å². The van der Waals surface area contributed by atoms with Gasteiger partial charge in [-0.05, 0) is 48.9 Å². The third kappa shape index (κ3) is 3.77. The summed E-state index contributed by atoms with van der Waals surface area (Å²) in [6, 6.07) is 6.74. The van der Waals surface area contributed by atoms with Gasteiger partial charge in [-0.25, -0.2) is 4.79 Å². The van der Waals surface area contributed by atoms with Crippen molar-refractivity contribution in [2.24, 2.45) is 0 Å². The van der Waals surface area contributed by atoms with Crippen LogP contribution in [0, 0.1) is 0 Å². The number of nitrogens with zero attached hydrogens (tertiary/aromatic N) is 3. The number of hydrogen-bond acceptors (Lipinski definition) is 6. The lowest BCUT2D eigenvalue weighted by Crippen LogP contribution is -2.41. The molecule has 7 nitrogen and oxygen atoms in total. The van der Waals surface area contributed by atoms with Crippen LogP contribution in [-0.2, 0) is 12.8 Å². The van der Waals surface area contributed by atoms with Crippen LogP contribution < -0.4 is 9.47 Å². The fourth-order valence-electron chi connectivity index (χ4n) is 3.52. The Morgan fingerprint density at radius 1 is 1.08 bits per heavy atom. The van der Waals surface area contributed by atoms with Gasteiger partial charge in [0, 0.05) is 19.1 Å². The molecule has 7 heteroatoms. The Kier molecular flexibility index (Phi) is 4.71. The van der Waals surface area contributed by atoms with E-state index in [-0.39, 0.29) is 6.01 Å². The summed E-state index contributed by atoms with van der Waals surface area (Å²) in [5, 5.41) is 8.54. The highest BCUT2D eigenvalue weighted by molar-refractivity contribution is 5.59. The van der Waals surface area contributed by atoms with Crippen LogP contribution >= 0.6 is 0 Å². The van der Waals surface area contributed by atoms with E-state index in [2.05, 4.69) is 31.7 Å². The average Bonchev–Trinajstić information content (AvgIpc) is 2.77. The number of rotatable bonds is 4. The second-order valence-corrected chi connectivity index (χ2v) is 6.72.